The van der Waals surface area contributed by atoms with Crippen molar-refractivity contribution in [1.82, 2.24) is 10.4 Å². The molecule has 2 aromatic carbocycles. The first-order chi connectivity index (χ1) is 12.7. The highest BCUT2D eigenvalue weighted by atomic mass is 16.5. The Morgan fingerprint density at radius 2 is 1.96 bits per heavy atom. The van der Waals surface area contributed by atoms with E-state index >= 15 is 0 Å². The van der Waals surface area contributed by atoms with Crippen LogP contribution in [0.25, 0.3) is 0 Å². The maximum Gasteiger partial charge on any atom is 0.272 e. The van der Waals surface area contributed by atoms with Gasteiger partial charge >= 0.3 is 0 Å². The predicted molar refractivity (Wildman–Crippen MR) is 101 cm³/mol. The molecule has 3 aromatic rings. The average Bonchev–Trinajstić information content (AvgIpc) is 2.68. The molecule has 1 aromatic heterocycles. The van der Waals surface area contributed by atoms with Gasteiger partial charge in [0.05, 0.1) is 11.8 Å². The zero-order valence-electron chi connectivity index (χ0n) is 14.4. The molecule has 26 heavy (non-hydrogen) atoms. The first kappa shape index (κ1) is 17.4. The number of ether oxygens (including phenoxy) is 1. The SMILES string of the molecule is Cc1ccc(C(=O)NN=Cc2cccc(OCc3ccccc3)c2)cn1. The number of hydrogen-bond acceptors (Lipinski definition) is 4. The van der Waals surface area contributed by atoms with Crippen molar-refractivity contribution in [2.24, 2.45) is 5.10 Å². The second-order valence-electron chi connectivity index (χ2n) is 5.73. The van der Waals surface area contributed by atoms with Crippen LogP contribution < -0.4 is 10.2 Å². The molecule has 0 saturated carbocycles. The number of amides is 1. The predicted octanol–water partition coefficient (Wildman–Crippen LogP) is 3.73. The number of hydrogen-bond donors (Lipinski definition) is 1. The van der Waals surface area contributed by atoms with Crippen LogP contribution in [-0.4, -0.2) is 17.1 Å². The quantitative estimate of drug-likeness (QED) is 0.547. The molecule has 130 valence electrons. The van der Waals surface area contributed by atoms with Gasteiger partial charge in [0.25, 0.3) is 5.91 Å². The average molecular weight is 345 g/mol. The molecule has 0 fully saturated rings. The third kappa shape index (κ3) is 5.01. The molecular formula is C21H19N3O2. The van der Waals surface area contributed by atoms with Crippen LogP contribution in [0.5, 0.6) is 5.75 Å². The number of carbonyl (C=O) groups is 1. The van der Waals surface area contributed by atoms with E-state index in [9.17, 15) is 4.79 Å². The molecule has 0 aliphatic heterocycles. The molecular weight excluding hydrogens is 326 g/mol. The molecule has 3 rings (SSSR count). The molecule has 5 heteroatoms. The van der Waals surface area contributed by atoms with Gasteiger partial charge in [0.15, 0.2) is 0 Å². The van der Waals surface area contributed by atoms with Gasteiger partial charge in [0.2, 0.25) is 0 Å². The highest BCUT2D eigenvalue weighted by Crippen LogP contribution is 2.14. The van der Waals surface area contributed by atoms with E-state index in [0.717, 1.165) is 22.6 Å². The van der Waals surface area contributed by atoms with Crippen LogP contribution >= 0.6 is 0 Å². The van der Waals surface area contributed by atoms with E-state index in [-0.39, 0.29) is 5.91 Å². The fraction of sp³-hybridized carbons (Fsp3) is 0.0952. The third-order valence-corrected chi connectivity index (χ3v) is 3.66. The summed E-state index contributed by atoms with van der Waals surface area (Å²) in [5.74, 6) is 0.442. The summed E-state index contributed by atoms with van der Waals surface area (Å²) in [4.78, 5) is 16.1. The lowest BCUT2D eigenvalue weighted by molar-refractivity contribution is 0.0955. The summed E-state index contributed by atoms with van der Waals surface area (Å²) in [7, 11) is 0. The fourth-order valence-corrected chi connectivity index (χ4v) is 2.26. The van der Waals surface area contributed by atoms with E-state index in [0.29, 0.717) is 12.2 Å². The molecule has 0 unspecified atom stereocenters. The van der Waals surface area contributed by atoms with Crippen LogP contribution in [0, 0.1) is 6.92 Å². The highest BCUT2D eigenvalue weighted by molar-refractivity contribution is 5.94. The summed E-state index contributed by atoms with van der Waals surface area (Å²) >= 11 is 0. The zero-order valence-corrected chi connectivity index (χ0v) is 14.4. The van der Waals surface area contributed by atoms with Crippen LogP contribution in [-0.2, 0) is 6.61 Å². The summed E-state index contributed by atoms with van der Waals surface area (Å²) in [6.45, 7) is 2.37. The molecule has 0 aliphatic carbocycles. The van der Waals surface area contributed by atoms with Gasteiger partial charge in [-0.25, -0.2) is 5.43 Å². The van der Waals surface area contributed by atoms with Crippen LogP contribution in [0.4, 0.5) is 0 Å². The zero-order chi connectivity index (χ0) is 18.2. The Morgan fingerprint density at radius 3 is 2.73 bits per heavy atom. The van der Waals surface area contributed by atoms with Gasteiger partial charge in [-0.15, -0.1) is 0 Å². The van der Waals surface area contributed by atoms with Crippen molar-refractivity contribution in [3.8, 4) is 5.75 Å². The van der Waals surface area contributed by atoms with E-state index in [2.05, 4.69) is 15.5 Å². The Bertz CT molecular complexity index is 891. The molecule has 0 atom stereocenters. The van der Waals surface area contributed by atoms with Crippen LogP contribution in [0.15, 0.2) is 78.0 Å². The Labute approximate surface area is 152 Å². The topological polar surface area (TPSA) is 63.6 Å². The summed E-state index contributed by atoms with van der Waals surface area (Å²) in [6, 6.07) is 21.0. The van der Waals surface area contributed by atoms with Gasteiger partial charge in [-0.1, -0.05) is 42.5 Å². The van der Waals surface area contributed by atoms with Crippen LogP contribution in [0.3, 0.4) is 0 Å². The van der Waals surface area contributed by atoms with Crippen molar-refractivity contribution < 1.29 is 9.53 Å². The maximum atomic E-state index is 12.0. The number of aromatic nitrogens is 1. The minimum Gasteiger partial charge on any atom is -0.489 e. The second kappa shape index (κ2) is 8.58. The monoisotopic (exact) mass is 345 g/mol. The fourth-order valence-electron chi connectivity index (χ4n) is 2.26. The lowest BCUT2D eigenvalue weighted by Gasteiger charge is -2.06. The van der Waals surface area contributed by atoms with Crippen LogP contribution in [0.1, 0.15) is 27.2 Å². The number of rotatable bonds is 6. The van der Waals surface area contributed by atoms with Gasteiger partial charge in [0.1, 0.15) is 12.4 Å². The number of aryl methyl sites for hydroxylation is 1. The van der Waals surface area contributed by atoms with E-state index in [1.165, 1.54) is 6.20 Å². The lowest BCUT2D eigenvalue weighted by atomic mass is 10.2. The van der Waals surface area contributed by atoms with Gasteiger partial charge in [-0.2, -0.15) is 5.10 Å². The molecule has 1 N–H and O–H groups in total. The Morgan fingerprint density at radius 1 is 1.12 bits per heavy atom. The van der Waals surface area contributed by atoms with E-state index < -0.39 is 0 Å². The van der Waals surface area contributed by atoms with Gasteiger partial charge < -0.3 is 4.74 Å². The maximum absolute atomic E-state index is 12.0. The van der Waals surface area contributed by atoms with Crippen molar-refractivity contribution in [3.05, 3.63) is 95.3 Å². The van der Waals surface area contributed by atoms with E-state index in [1.54, 1.807) is 18.3 Å². The Balaban J connectivity index is 1.56. The van der Waals surface area contributed by atoms with Crippen molar-refractivity contribution in [3.63, 3.8) is 0 Å². The molecule has 0 radical (unpaired) electrons. The number of hydrazone groups is 1. The second-order valence-corrected chi connectivity index (χ2v) is 5.73. The summed E-state index contributed by atoms with van der Waals surface area (Å²) in [5, 5.41) is 3.99. The third-order valence-electron chi connectivity index (χ3n) is 3.66. The minimum atomic E-state index is -0.301. The molecule has 0 spiro atoms. The number of pyridine rings is 1. The summed E-state index contributed by atoms with van der Waals surface area (Å²) < 4.78 is 5.78. The lowest BCUT2D eigenvalue weighted by Crippen LogP contribution is -2.17. The molecule has 0 aliphatic rings. The standard InChI is InChI=1S/C21H19N3O2/c1-16-10-11-19(14-22-16)21(25)24-23-13-18-8-5-9-20(12-18)26-15-17-6-3-2-4-7-17/h2-14H,15H2,1H3,(H,24,25). The minimum absolute atomic E-state index is 0.301. The summed E-state index contributed by atoms with van der Waals surface area (Å²) in [6.07, 6.45) is 3.10. The van der Waals surface area contributed by atoms with E-state index in [1.807, 2.05) is 61.5 Å². The normalized spacial score (nSPS) is 10.7. The molecule has 1 heterocycles. The van der Waals surface area contributed by atoms with Gasteiger partial charge in [0, 0.05) is 11.9 Å². The summed E-state index contributed by atoms with van der Waals surface area (Å²) in [5.41, 5.74) is 5.75. The van der Waals surface area contributed by atoms with Crippen molar-refractivity contribution >= 4 is 12.1 Å². The number of benzene rings is 2. The highest BCUT2D eigenvalue weighted by Gasteiger charge is 2.03. The molecule has 0 bridgehead atoms. The van der Waals surface area contributed by atoms with Crippen molar-refractivity contribution in [2.75, 3.05) is 0 Å². The van der Waals surface area contributed by atoms with Crippen molar-refractivity contribution in [1.29, 1.82) is 0 Å². The van der Waals surface area contributed by atoms with Gasteiger partial charge in [-0.05, 0) is 42.3 Å². The molecule has 0 saturated heterocycles. The van der Waals surface area contributed by atoms with E-state index in [4.69, 9.17) is 4.74 Å². The van der Waals surface area contributed by atoms with Crippen molar-refractivity contribution in [2.45, 2.75) is 13.5 Å². The molecule has 5 nitrogen and oxygen atoms in total. The van der Waals surface area contributed by atoms with Crippen LogP contribution in [0.2, 0.25) is 0 Å². The largest absolute Gasteiger partial charge is 0.489 e. The smallest absolute Gasteiger partial charge is 0.272 e. The number of carbonyl (C=O) groups excluding carboxylic acids is 1. The first-order valence-electron chi connectivity index (χ1n) is 8.23. The number of nitrogens with one attached hydrogen (secondary N) is 1. The Hall–Kier alpha value is -3.47. The Kier molecular flexibility index (Phi) is 5.72. The molecule has 1 amide bonds. The van der Waals surface area contributed by atoms with Gasteiger partial charge in [-0.3, -0.25) is 9.78 Å². The number of nitrogens with zero attached hydrogens (tertiary/aromatic N) is 2. The first-order valence-corrected chi connectivity index (χ1v) is 8.23.